The quantitative estimate of drug-likeness (QED) is 0.572. The van der Waals surface area contributed by atoms with E-state index in [1.807, 2.05) is 48.5 Å². The molecule has 1 aliphatic heterocycles. The van der Waals surface area contributed by atoms with E-state index in [1.54, 1.807) is 30.6 Å². The number of sulfonamides is 1. The molecule has 1 saturated heterocycles. The van der Waals surface area contributed by atoms with Gasteiger partial charge in [0.25, 0.3) is 0 Å². The van der Waals surface area contributed by atoms with Crippen LogP contribution in [0.4, 0.5) is 0 Å². The van der Waals surface area contributed by atoms with E-state index in [2.05, 4.69) is 0 Å². The summed E-state index contributed by atoms with van der Waals surface area (Å²) in [6.45, 7) is 0.557. The van der Waals surface area contributed by atoms with E-state index < -0.39 is 21.3 Å². The molecule has 0 N–H and O–H groups in total. The van der Waals surface area contributed by atoms with Crippen molar-refractivity contribution in [3.05, 3.63) is 59.7 Å². The first-order chi connectivity index (χ1) is 15.9. The van der Waals surface area contributed by atoms with Gasteiger partial charge in [-0.2, -0.15) is 5.06 Å². The third kappa shape index (κ3) is 5.19. The minimum absolute atomic E-state index is 0.0682. The molecular formula is C25H34N2O5S. The van der Waals surface area contributed by atoms with E-state index in [1.165, 1.54) is 6.42 Å². The van der Waals surface area contributed by atoms with Gasteiger partial charge < -0.3 is 9.47 Å². The van der Waals surface area contributed by atoms with Crippen molar-refractivity contribution in [2.45, 2.75) is 56.0 Å². The van der Waals surface area contributed by atoms with Crippen LogP contribution in [-0.2, 0) is 21.5 Å². The van der Waals surface area contributed by atoms with Crippen LogP contribution in [-0.4, -0.2) is 56.9 Å². The third-order valence-corrected chi connectivity index (χ3v) is 9.09. The number of rotatable bonds is 8. The van der Waals surface area contributed by atoms with Gasteiger partial charge in [0.15, 0.2) is 11.5 Å². The van der Waals surface area contributed by atoms with Crippen molar-refractivity contribution >= 4 is 10.0 Å². The van der Waals surface area contributed by atoms with Crippen LogP contribution in [0.2, 0.25) is 0 Å². The van der Waals surface area contributed by atoms with Crippen molar-refractivity contribution in [1.82, 2.24) is 9.37 Å². The fraction of sp³-hybridized carbons (Fsp3) is 0.520. The molecule has 0 spiro atoms. The third-order valence-electron chi connectivity index (χ3n) is 6.83. The van der Waals surface area contributed by atoms with Gasteiger partial charge in [0, 0.05) is 20.1 Å². The molecule has 1 saturated carbocycles. The highest BCUT2D eigenvalue weighted by Crippen LogP contribution is 2.39. The molecule has 7 nitrogen and oxygen atoms in total. The van der Waals surface area contributed by atoms with Crippen molar-refractivity contribution in [3.8, 4) is 11.5 Å². The topological polar surface area (TPSA) is 68.3 Å². The van der Waals surface area contributed by atoms with Crippen LogP contribution in [0.1, 0.15) is 49.3 Å². The number of benzene rings is 2. The van der Waals surface area contributed by atoms with Crippen molar-refractivity contribution < 1.29 is 22.7 Å². The zero-order chi connectivity index (χ0) is 23.4. The number of hydroxylamine groups is 2. The second-order valence-corrected chi connectivity index (χ2v) is 11.1. The molecule has 8 heteroatoms. The Bertz CT molecular complexity index is 1020. The molecule has 0 unspecified atom stereocenters. The van der Waals surface area contributed by atoms with Crippen molar-refractivity contribution in [3.63, 3.8) is 0 Å². The van der Waals surface area contributed by atoms with Gasteiger partial charge in [-0.25, -0.2) is 12.7 Å². The average molecular weight is 475 g/mol. The van der Waals surface area contributed by atoms with Crippen molar-refractivity contribution in [2.24, 2.45) is 0 Å². The highest BCUT2D eigenvalue weighted by Gasteiger charge is 2.46. The average Bonchev–Trinajstić information content (AvgIpc) is 3.25. The van der Waals surface area contributed by atoms with Crippen LogP contribution in [0.25, 0.3) is 0 Å². The van der Waals surface area contributed by atoms with Crippen LogP contribution in [0.15, 0.2) is 48.5 Å². The van der Waals surface area contributed by atoms with E-state index in [0.717, 1.165) is 36.8 Å². The first-order valence-electron chi connectivity index (χ1n) is 11.6. The van der Waals surface area contributed by atoms with Crippen molar-refractivity contribution in [1.29, 1.82) is 0 Å². The van der Waals surface area contributed by atoms with Crippen LogP contribution in [0.5, 0.6) is 11.5 Å². The molecule has 0 aromatic heterocycles. The number of hydrogen-bond acceptors (Lipinski definition) is 6. The number of ether oxygens (including phenoxy) is 2. The van der Waals surface area contributed by atoms with Crippen LogP contribution in [0.3, 0.4) is 0 Å². The molecule has 0 bridgehead atoms. The van der Waals surface area contributed by atoms with Crippen LogP contribution in [0, 0.1) is 0 Å². The van der Waals surface area contributed by atoms with Gasteiger partial charge >= 0.3 is 0 Å². The molecule has 2 aromatic carbocycles. The minimum atomic E-state index is -3.55. The van der Waals surface area contributed by atoms with Crippen LogP contribution >= 0.6 is 0 Å². The van der Waals surface area contributed by atoms with E-state index in [-0.39, 0.29) is 12.6 Å². The molecule has 1 heterocycles. The van der Waals surface area contributed by atoms with Gasteiger partial charge in [0.05, 0.1) is 19.8 Å². The lowest BCUT2D eigenvalue weighted by Gasteiger charge is -2.33. The molecule has 0 amide bonds. The standard InChI is InChI=1S/C25H34N2O5S/c1-26-25(24(18-32-26)33(28,29)27(2)21-12-8-5-9-13-21)20-14-15-22(23(16-20)30-3)31-17-19-10-6-4-7-11-19/h4,6-7,10-11,14-16,21,24-25H,5,8-9,12-13,17-18H2,1-3H3/t24-,25-/m0/s1. The van der Waals surface area contributed by atoms with Gasteiger partial charge in [-0.1, -0.05) is 55.7 Å². The fourth-order valence-electron chi connectivity index (χ4n) is 4.86. The lowest BCUT2D eigenvalue weighted by molar-refractivity contribution is -0.110. The Kier molecular flexibility index (Phi) is 7.58. The lowest BCUT2D eigenvalue weighted by atomic mass is 9.96. The monoisotopic (exact) mass is 474 g/mol. The predicted octanol–water partition coefficient (Wildman–Crippen LogP) is 4.16. The Morgan fingerprint density at radius 2 is 1.79 bits per heavy atom. The highest BCUT2D eigenvalue weighted by molar-refractivity contribution is 7.89. The smallest absolute Gasteiger partial charge is 0.221 e. The van der Waals surface area contributed by atoms with E-state index in [0.29, 0.717) is 18.1 Å². The molecule has 33 heavy (non-hydrogen) atoms. The fourth-order valence-corrected chi connectivity index (χ4v) is 6.80. The summed E-state index contributed by atoms with van der Waals surface area (Å²) in [5.74, 6) is 1.19. The molecule has 2 aliphatic rings. The Balaban J connectivity index is 1.55. The normalized spacial score (nSPS) is 22.5. The maximum atomic E-state index is 13.6. The van der Waals surface area contributed by atoms with Gasteiger partial charge in [0.2, 0.25) is 10.0 Å². The molecular weight excluding hydrogens is 440 g/mol. The molecule has 0 radical (unpaired) electrons. The summed E-state index contributed by atoms with van der Waals surface area (Å²) in [6.07, 6.45) is 5.18. The number of nitrogens with zero attached hydrogens (tertiary/aromatic N) is 2. The molecule has 4 rings (SSSR count). The highest BCUT2D eigenvalue weighted by atomic mass is 32.2. The Labute approximate surface area is 197 Å². The first kappa shape index (κ1) is 24.0. The largest absolute Gasteiger partial charge is 0.493 e. The number of hydrogen-bond donors (Lipinski definition) is 0. The molecule has 2 aromatic rings. The summed E-state index contributed by atoms with van der Waals surface area (Å²) in [5.41, 5.74) is 1.88. The van der Waals surface area contributed by atoms with E-state index in [4.69, 9.17) is 14.3 Å². The van der Waals surface area contributed by atoms with Crippen molar-refractivity contribution in [2.75, 3.05) is 27.8 Å². The second kappa shape index (κ2) is 10.4. The Hall–Kier alpha value is -2.13. The van der Waals surface area contributed by atoms with Crippen LogP contribution < -0.4 is 9.47 Å². The molecule has 2 fully saturated rings. The maximum absolute atomic E-state index is 13.6. The minimum Gasteiger partial charge on any atom is -0.493 e. The summed E-state index contributed by atoms with van der Waals surface area (Å²) in [7, 11) is 1.55. The first-order valence-corrected chi connectivity index (χ1v) is 13.1. The van der Waals surface area contributed by atoms with Gasteiger partial charge in [-0.05, 0) is 36.1 Å². The van der Waals surface area contributed by atoms with Gasteiger partial charge in [-0.3, -0.25) is 4.84 Å². The summed E-state index contributed by atoms with van der Waals surface area (Å²) < 4.78 is 40.4. The molecule has 1 aliphatic carbocycles. The zero-order valence-electron chi connectivity index (χ0n) is 19.6. The zero-order valence-corrected chi connectivity index (χ0v) is 20.5. The molecule has 180 valence electrons. The maximum Gasteiger partial charge on any atom is 0.221 e. The van der Waals surface area contributed by atoms with Gasteiger partial charge in [-0.15, -0.1) is 0 Å². The Morgan fingerprint density at radius 1 is 1.06 bits per heavy atom. The molecule has 2 atom stereocenters. The second-order valence-electron chi connectivity index (χ2n) is 8.86. The lowest BCUT2D eigenvalue weighted by Crippen LogP contribution is -2.45. The predicted molar refractivity (Wildman–Crippen MR) is 128 cm³/mol. The summed E-state index contributed by atoms with van der Waals surface area (Å²) in [5, 5.41) is 0.964. The summed E-state index contributed by atoms with van der Waals surface area (Å²) >= 11 is 0. The number of methoxy groups -OCH3 is 1. The Morgan fingerprint density at radius 3 is 2.48 bits per heavy atom. The summed E-state index contributed by atoms with van der Waals surface area (Å²) in [4.78, 5) is 5.72. The van der Waals surface area contributed by atoms with Gasteiger partial charge in [0.1, 0.15) is 11.9 Å². The summed E-state index contributed by atoms with van der Waals surface area (Å²) in [6, 6.07) is 15.2. The van der Waals surface area contributed by atoms with E-state index in [9.17, 15) is 8.42 Å². The van der Waals surface area contributed by atoms with E-state index >= 15 is 0 Å². The SMILES string of the molecule is COc1cc([C@H]2[C@@H](S(=O)(=O)N(C)C3CCCCC3)CON2C)ccc1OCc1ccccc1.